The minimum atomic E-state index is -0.159. The Morgan fingerprint density at radius 3 is 2.65 bits per heavy atom. The van der Waals surface area contributed by atoms with Crippen molar-refractivity contribution in [3.05, 3.63) is 21.3 Å². The molecule has 2 N–H and O–H groups in total. The summed E-state index contributed by atoms with van der Waals surface area (Å²) in [7, 11) is 0. The molecule has 1 heterocycles. The molecule has 1 aromatic rings. The maximum Gasteiger partial charge on any atom is 0.237 e. The van der Waals surface area contributed by atoms with E-state index in [1.54, 1.807) is 11.3 Å². The van der Waals surface area contributed by atoms with E-state index in [4.69, 9.17) is 11.6 Å². The molecule has 96 valence electrons. The Bertz CT molecular complexity index is 365. The van der Waals surface area contributed by atoms with Crippen molar-refractivity contribution in [3.63, 3.8) is 0 Å². The van der Waals surface area contributed by atoms with Gasteiger partial charge in [-0.05, 0) is 39.3 Å². The summed E-state index contributed by atoms with van der Waals surface area (Å²) in [5.74, 6) is 0.0456. The second-order valence-corrected chi connectivity index (χ2v) is 6.09. The van der Waals surface area contributed by atoms with Crippen LogP contribution in [0.15, 0.2) is 12.1 Å². The first-order valence-corrected chi connectivity index (χ1v) is 6.96. The zero-order valence-electron chi connectivity index (χ0n) is 10.4. The van der Waals surface area contributed by atoms with Gasteiger partial charge in [0.05, 0.1) is 10.4 Å². The highest BCUT2D eigenvalue weighted by atomic mass is 35.5. The van der Waals surface area contributed by atoms with Gasteiger partial charge in [0.25, 0.3) is 0 Å². The summed E-state index contributed by atoms with van der Waals surface area (Å²) in [6.07, 6.45) is 0.899. The van der Waals surface area contributed by atoms with Crippen LogP contribution in [0, 0.1) is 0 Å². The number of hydrogen-bond donors (Lipinski definition) is 2. The van der Waals surface area contributed by atoms with Crippen molar-refractivity contribution in [2.24, 2.45) is 0 Å². The minimum absolute atomic E-state index is 0.0456. The van der Waals surface area contributed by atoms with Gasteiger partial charge in [0.2, 0.25) is 5.91 Å². The molecule has 1 aromatic heterocycles. The SMILES string of the molecule is CC(C)NC(=O)C(C)NCCc1ccc(Cl)s1. The molecule has 1 unspecified atom stereocenters. The summed E-state index contributed by atoms with van der Waals surface area (Å²) in [6.45, 7) is 6.57. The third-order valence-electron chi connectivity index (χ3n) is 2.27. The zero-order chi connectivity index (χ0) is 12.8. The molecule has 0 spiro atoms. The second kappa shape index (κ2) is 6.99. The molecular formula is C12H19ClN2OS. The van der Waals surface area contributed by atoms with Crippen molar-refractivity contribution in [2.75, 3.05) is 6.54 Å². The molecule has 0 aliphatic heterocycles. The molecule has 0 saturated heterocycles. The maximum absolute atomic E-state index is 11.6. The summed E-state index contributed by atoms with van der Waals surface area (Å²) >= 11 is 7.43. The van der Waals surface area contributed by atoms with Crippen LogP contribution in [0.1, 0.15) is 25.6 Å². The van der Waals surface area contributed by atoms with Gasteiger partial charge in [-0.25, -0.2) is 0 Å². The van der Waals surface area contributed by atoms with Crippen LogP contribution in [0.2, 0.25) is 4.34 Å². The third-order valence-corrected chi connectivity index (χ3v) is 3.57. The lowest BCUT2D eigenvalue weighted by molar-refractivity contribution is -0.123. The van der Waals surface area contributed by atoms with E-state index < -0.39 is 0 Å². The molecule has 3 nitrogen and oxygen atoms in total. The predicted molar refractivity (Wildman–Crippen MR) is 73.8 cm³/mol. The molecule has 0 radical (unpaired) electrons. The standard InChI is InChI=1S/C12H19ClN2OS/c1-8(2)15-12(16)9(3)14-7-6-10-4-5-11(13)17-10/h4-5,8-9,14H,6-7H2,1-3H3,(H,15,16). The van der Waals surface area contributed by atoms with Gasteiger partial charge in [-0.15, -0.1) is 11.3 Å². The van der Waals surface area contributed by atoms with Crippen LogP contribution in [-0.4, -0.2) is 24.5 Å². The molecule has 17 heavy (non-hydrogen) atoms. The Kier molecular flexibility index (Phi) is 5.95. The largest absolute Gasteiger partial charge is 0.353 e. The fraction of sp³-hybridized carbons (Fsp3) is 0.583. The lowest BCUT2D eigenvalue weighted by Crippen LogP contribution is -2.45. The molecule has 1 rings (SSSR count). The number of rotatable bonds is 6. The summed E-state index contributed by atoms with van der Waals surface area (Å²) in [4.78, 5) is 12.8. The highest BCUT2D eigenvalue weighted by Gasteiger charge is 2.12. The van der Waals surface area contributed by atoms with E-state index in [2.05, 4.69) is 10.6 Å². The van der Waals surface area contributed by atoms with Crippen LogP contribution in [0.3, 0.4) is 0 Å². The normalized spacial score (nSPS) is 12.8. The van der Waals surface area contributed by atoms with Gasteiger partial charge < -0.3 is 10.6 Å². The Labute approximate surface area is 112 Å². The van der Waals surface area contributed by atoms with Crippen molar-refractivity contribution in [3.8, 4) is 0 Å². The van der Waals surface area contributed by atoms with Crippen molar-refractivity contribution in [1.82, 2.24) is 10.6 Å². The molecule has 0 aliphatic rings. The fourth-order valence-corrected chi connectivity index (χ4v) is 2.49. The predicted octanol–water partition coefficient (Wildman–Crippen LogP) is 2.45. The summed E-state index contributed by atoms with van der Waals surface area (Å²) in [5.41, 5.74) is 0. The van der Waals surface area contributed by atoms with Crippen LogP contribution >= 0.6 is 22.9 Å². The molecule has 0 fully saturated rings. The smallest absolute Gasteiger partial charge is 0.237 e. The minimum Gasteiger partial charge on any atom is -0.353 e. The van der Waals surface area contributed by atoms with Crippen LogP contribution in [0.4, 0.5) is 0 Å². The van der Waals surface area contributed by atoms with Crippen LogP contribution in [0.25, 0.3) is 0 Å². The number of amides is 1. The van der Waals surface area contributed by atoms with Gasteiger partial charge in [0.15, 0.2) is 0 Å². The molecule has 0 saturated carbocycles. The lowest BCUT2D eigenvalue weighted by Gasteiger charge is -2.15. The van der Waals surface area contributed by atoms with E-state index in [-0.39, 0.29) is 18.0 Å². The first-order valence-electron chi connectivity index (χ1n) is 5.77. The topological polar surface area (TPSA) is 41.1 Å². The molecule has 0 aliphatic carbocycles. The van der Waals surface area contributed by atoms with Gasteiger partial charge in [-0.3, -0.25) is 4.79 Å². The highest BCUT2D eigenvalue weighted by molar-refractivity contribution is 7.16. The van der Waals surface area contributed by atoms with Crippen LogP contribution in [-0.2, 0) is 11.2 Å². The van der Waals surface area contributed by atoms with Gasteiger partial charge in [-0.2, -0.15) is 0 Å². The van der Waals surface area contributed by atoms with E-state index in [0.717, 1.165) is 17.3 Å². The number of carbonyl (C=O) groups excluding carboxylic acids is 1. The van der Waals surface area contributed by atoms with E-state index >= 15 is 0 Å². The van der Waals surface area contributed by atoms with Gasteiger partial charge in [0, 0.05) is 17.5 Å². The van der Waals surface area contributed by atoms with E-state index in [0.29, 0.717) is 0 Å². The Morgan fingerprint density at radius 2 is 2.12 bits per heavy atom. The highest BCUT2D eigenvalue weighted by Crippen LogP contribution is 2.21. The van der Waals surface area contributed by atoms with Crippen molar-refractivity contribution in [2.45, 2.75) is 39.3 Å². The van der Waals surface area contributed by atoms with E-state index in [1.165, 1.54) is 4.88 Å². The van der Waals surface area contributed by atoms with Crippen molar-refractivity contribution < 1.29 is 4.79 Å². The lowest BCUT2D eigenvalue weighted by atomic mass is 10.2. The molecule has 0 bridgehead atoms. The summed E-state index contributed by atoms with van der Waals surface area (Å²) in [5, 5.41) is 6.07. The zero-order valence-corrected chi connectivity index (χ0v) is 12.0. The van der Waals surface area contributed by atoms with Gasteiger partial charge in [0.1, 0.15) is 0 Å². The van der Waals surface area contributed by atoms with Gasteiger partial charge >= 0.3 is 0 Å². The second-order valence-electron chi connectivity index (χ2n) is 4.29. The Hall–Kier alpha value is -0.580. The van der Waals surface area contributed by atoms with E-state index in [1.807, 2.05) is 32.9 Å². The molecule has 5 heteroatoms. The molecule has 1 atom stereocenters. The Morgan fingerprint density at radius 1 is 1.41 bits per heavy atom. The first kappa shape index (κ1) is 14.5. The average Bonchev–Trinajstić information content (AvgIpc) is 2.63. The van der Waals surface area contributed by atoms with Gasteiger partial charge in [-0.1, -0.05) is 11.6 Å². The molecule has 0 aromatic carbocycles. The summed E-state index contributed by atoms with van der Waals surface area (Å²) in [6, 6.07) is 3.94. The van der Waals surface area contributed by atoms with Crippen LogP contribution < -0.4 is 10.6 Å². The molecular weight excluding hydrogens is 256 g/mol. The number of thiophene rings is 1. The first-order chi connectivity index (χ1) is 7.99. The van der Waals surface area contributed by atoms with Crippen molar-refractivity contribution >= 4 is 28.8 Å². The quantitative estimate of drug-likeness (QED) is 0.837. The van der Waals surface area contributed by atoms with E-state index in [9.17, 15) is 4.79 Å². The maximum atomic E-state index is 11.6. The fourth-order valence-electron chi connectivity index (χ4n) is 1.40. The average molecular weight is 275 g/mol. The monoisotopic (exact) mass is 274 g/mol. The number of hydrogen-bond acceptors (Lipinski definition) is 3. The molecule has 1 amide bonds. The third kappa shape index (κ3) is 5.52. The number of halogens is 1. The van der Waals surface area contributed by atoms with Crippen molar-refractivity contribution in [1.29, 1.82) is 0 Å². The van der Waals surface area contributed by atoms with Crippen LogP contribution in [0.5, 0.6) is 0 Å². The summed E-state index contributed by atoms with van der Waals surface area (Å²) < 4.78 is 0.811. The number of nitrogens with one attached hydrogen (secondary N) is 2. The Balaban J connectivity index is 2.24. The number of carbonyl (C=O) groups is 1.